The fourth-order valence-corrected chi connectivity index (χ4v) is 0.934. The Kier molecular flexibility index (Phi) is 1.92. The van der Waals surface area contributed by atoms with E-state index in [0.717, 1.165) is 12.8 Å². The lowest BCUT2D eigenvalue weighted by Gasteiger charge is -2.24. The summed E-state index contributed by atoms with van der Waals surface area (Å²) < 4.78 is 0. The van der Waals surface area contributed by atoms with E-state index in [4.69, 9.17) is 5.73 Å². The van der Waals surface area contributed by atoms with Crippen LogP contribution in [0.5, 0.6) is 0 Å². The Morgan fingerprint density at radius 3 is 2.27 bits per heavy atom. The molecule has 1 rings (SSSR count). The van der Waals surface area contributed by atoms with Crippen LogP contribution in [0.15, 0.2) is 0 Å². The monoisotopic (exact) mass is 156 g/mol. The van der Waals surface area contributed by atoms with Gasteiger partial charge in [0.2, 0.25) is 5.91 Å². The molecule has 1 aliphatic rings. The van der Waals surface area contributed by atoms with Crippen LogP contribution in [0.1, 0.15) is 26.7 Å². The first-order valence-corrected chi connectivity index (χ1v) is 4.03. The highest BCUT2D eigenvalue weighted by Crippen LogP contribution is 2.34. The van der Waals surface area contributed by atoms with Gasteiger partial charge in [-0.2, -0.15) is 0 Å². The topological polar surface area (TPSA) is 46.3 Å². The second-order valence-corrected chi connectivity index (χ2v) is 3.67. The molecule has 3 nitrogen and oxygen atoms in total. The first kappa shape index (κ1) is 8.53. The Hall–Kier alpha value is -0.570. The lowest BCUT2D eigenvalue weighted by atomic mass is 10.2. The molecule has 1 saturated carbocycles. The highest BCUT2D eigenvalue weighted by atomic mass is 16.2. The van der Waals surface area contributed by atoms with Gasteiger partial charge in [0, 0.05) is 13.1 Å². The second-order valence-electron chi connectivity index (χ2n) is 3.67. The number of carbonyl (C=O) groups is 1. The van der Waals surface area contributed by atoms with Crippen molar-refractivity contribution in [2.45, 2.75) is 38.3 Å². The molecule has 0 bridgehead atoms. The van der Waals surface area contributed by atoms with Gasteiger partial charge in [0.15, 0.2) is 0 Å². The third kappa shape index (κ3) is 1.53. The predicted molar refractivity (Wildman–Crippen MR) is 44.1 cm³/mol. The summed E-state index contributed by atoms with van der Waals surface area (Å²) in [4.78, 5) is 13.2. The molecule has 1 aliphatic carbocycles. The summed E-state index contributed by atoms with van der Waals surface area (Å²) in [5.74, 6) is 0.0903. The molecule has 0 radical (unpaired) electrons. The number of hydrogen-bond donors (Lipinski definition) is 1. The van der Waals surface area contributed by atoms with Gasteiger partial charge in [-0.25, -0.2) is 0 Å². The fourth-order valence-electron chi connectivity index (χ4n) is 0.934. The van der Waals surface area contributed by atoms with Gasteiger partial charge >= 0.3 is 0 Å². The van der Waals surface area contributed by atoms with Gasteiger partial charge in [0.05, 0.1) is 5.54 Å². The summed E-state index contributed by atoms with van der Waals surface area (Å²) >= 11 is 0. The molecule has 3 heteroatoms. The Bertz CT molecular complexity index is 173. The summed E-state index contributed by atoms with van der Waals surface area (Å²) in [6.45, 7) is 3.98. The van der Waals surface area contributed by atoms with Gasteiger partial charge in [0.25, 0.3) is 0 Å². The maximum Gasteiger partial charge on any atom is 0.242 e. The number of rotatable bonds is 2. The summed E-state index contributed by atoms with van der Waals surface area (Å²) in [5, 5.41) is 0. The van der Waals surface area contributed by atoms with Gasteiger partial charge in [-0.1, -0.05) is 0 Å². The van der Waals surface area contributed by atoms with Crippen molar-refractivity contribution < 1.29 is 4.79 Å². The molecule has 0 unspecified atom stereocenters. The molecule has 0 aromatic rings. The molecule has 1 fully saturated rings. The Labute approximate surface area is 67.5 Å². The minimum Gasteiger partial charge on any atom is -0.342 e. The molecule has 0 spiro atoms. The van der Waals surface area contributed by atoms with Gasteiger partial charge in [0.1, 0.15) is 0 Å². The molecule has 0 heterocycles. The lowest BCUT2D eigenvalue weighted by Crippen LogP contribution is -2.46. The maximum atomic E-state index is 11.5. The SMILES string of the molecule is CC(C)N(C)C(=O)C1(N)CC1. The van der Waals surface area contributed by atoms with E-state index in [1.54, 1.807) is 11.9 Å². The fraction of sp³-hybridized carbons (Fsp3) is 0.875. The van der Waals surface area contributed by atoms with Crippen LogP contribution in [0.25, 0.3) is 0 Å². The molecule has 0 aromatic carbocycles. The molecule has 0 aromatic heterocycles. The molecule has 64 valence electrons. The first-order chi connectivity index (χ1) is 4.97. The molecular weight excluding hydrogens is 140 g/mol. The highest BCUT2D eigenvalue weighted by Gasteiger charge is 2.47. The predicted octanol–water partition coefficient (Wildman–Crippen LogP) is 0.344. The first-order valence-electron chi connectivity index (χ1n) is 4.03. The number of hydrogen-bond acceptors (Lipinski definition) is 2. The van der Waals surface area contributed by atoms with E-state index < -0.39 is 5.54 Å². The van der Waals surface area contributed by atoms with Crippen molar-refractivity contribution in [3.8, 4) is 0 Å². The smallest absolute Gasteiger partial charge is 0.242 e. The number of nitrogens with zero attached hydrogens (tertiary/aromatic N) is 1. The minimum atomic E-state index is -0.501. The van der Waals surface area contributed by atoms with Crippen LogP contribution < -0.4 is 5.73 Å². The standard InChI is InChI=1S/C8H16N2O/c1-6(2)10(3)7(11)8(9)4-5-8/h6H,4-5,9H2,1-3H3. The summed E-state index contributed by atoms with van der Waals surface area (Å²) in [6, 6.07) is 0.253. The molecule has 11 heavy (non-hydrogen) atoms. The quantitative estimate of drug-likeness (QED) is 0.627. The molecule has 1 amide bonds. The van der Waals surface area contributed by atoms with E-state index >= 15 is 0 Å². The van der Waals surface area contributed by atoms with Crippen LogP contribution in [-0.2, 0) is 4.79 Å². The van der Waals surface area contributed by atoms with Crippen molar-refractivity contribution in [1.82, 2.24) is 4.90 Å². The summed E-state index contributed by atoms with van der Waals surface area (Å²) in [6.07, 6.45) is 1.70. The van der Waals surface area contributed by atoms with E-state index in [-0.39, 0.29) is 11.9 Å². The molecule has 2 N–H and O–H groups in total. The molecule has 0 saturated heterocycles. The zero-order chi connectivity index (χ0) is 8.65. The molecular formula is C8H16N2O. The average Bonchev–Trinajstić information content (AvgIpc) is 2.66. The number of likely N-dealkylation sites (N-methyl/N-ethyl adjacent to an activating group) is 1. The lowest BCUT2D eigenvalue weighted by molar-refractivity contribution is -0.133. The highest BCUT2D eigenvalue weighted by molar-refractivity contribution is 5.89. The van der Waals surface area contributed by atoms with E-state index in [1.165, 1.54) is 0 Å². The van der Waals surface area contributed by atoms with Crippen LogP contribution in [0.3, 0.4) is 0 Å². The van der Waals surface area contributed by atoms with Gasteiger partial charge in [-0.15, -0.1) is 0 Å². The third-order valence-corrected chi connectivity index (χ3v) is 2.31. The zero-order valence-electron chi connectivity index (χ0n) is 7.42. The molecule has 0 atom stereocenters. The van der Waals surface area contributed by atoms with Crippen molar-refractivity contribution in [1.29, 1.82) is 0 Å². The van der Waals surface area contributed by atoms with Crippen LogP contribution in [0, 0.1) is 0 Å². The van der Waals surface area contributed by atoms with Crippen LogP contribution >= 0.6 is 0 Å². The van der Waals surface area contributed by atoms with E-state index in [0.29, 0.717) is 0 Å². The van der Waals surface area contributed by atoms with Crippen molar-refractivity contribution in [2.24, 2.45) is 5.73 Å². The van der Waals surface area contributed by atoms with Crippen LogP contribution in [0.4, 0.5) is 0 Å². The van der Waals surface area contributed by atoms with Gasteiger partial charge in [-0.3, -0.25) is 4.79 Å². The van der Waals surface area contributed by atoms with Crippen LogP contribution in [0.2, 0.25) is 0 Å². The van der Waals surface area contributed by atoms with Crippen molar-refractivity contribution in [3.05, 3.63) is 0 Å². The van der Waals surface area contributed by atoms with Crippen molar-refractivity contribution in [2.75, 3.05) is 7.05 Å². The summed E-state index contributed by atoms with van der Waals surface area (Å²) in [7, 11) is 1.81. The van der Waals surface area contributed by atoms with E-state index in [1.807, 2.05) is 13.8 Å². The van der Waals surface area contributed by atoms with E-state index in [9.17, 15) is 4.79 Å². The second kappa shape index (κ2) is 2.48. The zero-order valence-corrected chi connectivity index (χ0v) is 7.42. The Morgan fingerprint density at radius 2 is 2.00 bits per heavy atom. The Morgan fingerprint density at radius 1 is 1.55 bits per heavy atom. The van der Waals surface area contributed by atoms with Gasteiger partial charge < -0.3 is 10.6 Å². The number of carbonyl (C=O) groups excluding carboxylic acids is 1. The maximum absolute atomic E-state index is 11.5. The largest absolute Gasteiger partial charge is 0.342 e. The van der Waals surface area contributed by atoms with Crippen LogP contribution in [-0.4, -0.2) is 29.4 Å². The van der Waals surface area contributed by atoms with Gasteiger partial charge in [-0.05, 0) is 26.7 Å². The number of nitrogens with two attached hydrogens (primary N) is 1. The van der Waals surface area contributed by atoms with Crippen molar-refractivity contribution >= 4 is 5.91 Å². The molecule has 0 aliphatic heterocycles. The van der Waals surface area contributed by atoms with Crippen molar-refractivity contribution in [3.63, 3.8) is 0 Å². The average molecular weight is 156 g/mol. The summed E-state index contributed by atoms with van der Waals surface area (Å²) in [5.41, 5.74) is 5.24. The third-order valence-electron chi connectivity index (χ3n) is 2.31. The minimum absolute atomic E-state index is 0.0903. The van der Waals surface area contributed by atoms with E-state index in [2.05, 4.69) is 0 Å². The Balaban J connectivity index is 2.54. The number of amides is 1. The normalized spacial score (nSPS) is 20.1.